The Bertz CT molecular complexity index is 879. The Morgan fingerprint density at radius 3 is 2.63 bits per heavy atom. The quantitative estimate of drug-likeness (QED) is 0.706. The Labute approximate surface area is 163 Å². The van der Waals surface area contributed by atoms with Gasteiger partial charge in [0, 0.05) is 36.3 Å². The summed E-state index contributed by atoms with van der Waals surface area (Å²) in [6, 6.07) is 20.6. The van der Waals surface area contributed by atoms with E-state index in [9.17, 15) is 4.79 Å². The van der Waals surface area contributed by atoms with Crippen molar-refractivity contribution in [3.05, 3.63) is 71.7 Å². The van der Waals surface area contributed by atoms with Gasteiger partial charge >= 0.3 is 0 Å². The maximum absolute atomic E-state index is 12.3. The van der Waals surface area contributed by atoms with Gasteiger partial charge in [0.1, 0.15) is 5.01 Å². The van der Waals surface area contributed by atoms with Crippen molar-refractivity contribution in [3.8, 4) is 10.6 Å². The number of carbonyl (C=O) groups excluding carboxylic acids is 1. The number of hydrogen-bond acceptors (Lipinski definition) is 4. The molecule has 27 heavy (non-hydrogen) atoms. The van der Waals surface area contributed by atoms with Crippen molar-refractivity contribution in [2.24, 2.45) is 5.92 Å². The second kappa shape index (κ2) is 8.35. The van der Waals surface area contributed by atoms with Crippen LogP contribution in [0, 0.1) is 5.92 Å². The van der Waals surface area contributed by atoms with Crippen LogP contribution in [0.25, 0.3) is 10.6 Å². The highest BCUT2D eigenvalue weighted by atomic mass is 32.1. The smallest absolute Gasteiger partial charge is 0.226 e. The third-order valence-corrected chi connectivity index (χ3v) is 5.85. The zero-order valence-electron chi connectivity index (χ0n) is 15.2. The molecule has 0 bridgehead atoms. The van der Waals surface area contributed by atoms with E-state index in [-0.39, 0.29) is 5.91 Å². The van der Waals surface area contributed by atoms with Crippen molar-refractivity contribution in [1.29, 1.82) is 0 Å². The number of nitrogens with zero attached hydrogens (tertiary/aromatic N) is 2. The zero-order chi connectivity index (χ0) is 18.5. The van der Waals surface area contributed by atoms with Crippen LogP contribution in [-0.2, 0) is 11.2 Å². The molecule has 1 amide bonds. The molecule has 1 unspecified atom stereocenters. The number of hydrogen-bond donors (Lipinski definition) is 1. The molecule has 1 aliphatic rings. The molecule has 4 nitrogen and oxygen atoms in total. The van der Waals surface area contributed by atoms with Gasteiger partial charge in [0.05, 0.1) is 12.1 Å². The number of benzene rings is 2. The molecular weight excluding hydrogens is 354 g/mol. The lowest BCUT2D eigenvalue weighted by Gasteiger charge is -2.18. The van der Waals surface area contributed by atoms with Crippen LogP contribution in [0.1, 0.15) is 12.1 Å². The van der Waals surface area contributed by atoms with Crippen LogP contribution in [0.2, 0.25) is 0 Å². The molecule has 1 aliphatic heterocycles. The van der Waals surface area contributed by atoms with E-state index in [1.54, 1.807) is 11.3 Å². The van der Waals surface area contributed by atoms with Crippen LogP contribution in [0.5, 0.6) is 0 Å². The Hall–Kier alpha value is -2.66. The second-order valence-electron chi connectivity index (χ2n) is 6.93. The van der Waals surface area contributed by atoms with E-state index in [4.69, 9.17) is 0 Å². The maximum Gasteiger partial charge on any atom is 0.226 e. The summed E-state index contributed by atoms with van der Waals surface area (Å²) in [5.74, 6) is 0.558. The first-order chi connectivity index (χ1) is 13.3. The minimum atomic E-state index is 0.0538. The minimum Gasteiger partial charge on any atom is -0.371 e. The Kier molecular flexibility index (Phi) is 5.49. The lowest BCUT2D eigenvalue weighted by molar-refractivity contribution is -0.120. The number of aromatic nitrogens is 1. The summed E-state index contributed by atoms with van der Waals surface area (Å²) >= 11 is 1.59. The molecule has 2 heterocycles. The van der Waals surface area contributed by atoms with E-state index in [2.05, 4.69) is 39.5 Å². The highest BCUT2D eigenvalue weighted by molar-refractivity contribution is 7.13. The highest BCUT2D eigenvalue weighted by Gasteiger charge is 2.23. The number of rotatable bonds is 6. The largest absolute Gasteiger partial charge is 0.371 e. The predicted octanol–water partition coefficient (Wildman–Crippen LogP) is 4.00. The van der Waals surface area contributed by atoms with Gasteiger partial charge in [-0.05, 0) is 24.5 Å². The van der Waals surface area contributed by atoms with Crippen molar-refractivity contribution < 1.29 is 4.79 Å². The molecule has 0 aliphatic carbocycles. The van der Waals surface area contributed by atoms with E-state index in [1.165, 1.54) is 5.69 Å². The van der Waals surface area contributed by atoms with E-state index >= 15 is 0 Å². The molecule has 1 fully saturated rings. The molecule has 2 aromatic carbocycles. The number of para-hydroxylation sites is 1. The van der Waals surface area contributed by atoms with Crippen LogP contribution in [0.3, 0.4) is 0 Å². The molecular formula is C22H23N3OS. The fraction of sp³-hybridized carbons (Fsp3) is 0.273. The zero-order valence-corrected chi connectivity index (χ0v) is 16.0. The van der Waals surface area contributed by atoms with Gasteiger partial charge in [0.2, 0.25) is 5.91 Å². The second-order valence-corrected chi connectivity index (χ2v) is 7.79. The predicted molar refractivity (Wildman–Crippen MR) is 111 cm³/mol. The first-order valence-corrected chi connectivity index (χ1v) is 10.2. The molecule has 0 spiro atoms. The summed E-state index contributed by atoms with van der Waals surface area (Å²) < 4.78 is 0. The average molecular weight is 378 g/mol. The fourth-order valence-electron chi connectivity index (χ4n) is 3.46. The number of carbonyl (C=O) groups is 1. The Morgan fingerprint density at radius 2 is 1.85 bits per heavy atom. The van der Waals surface area contributed by atoms with Gasteiger partial charge in [-0.25, -0.2) is 4.98 Å². The van der Waals surface area contributed by atoms with Crippen molar-refractivity contribution >= 4 is 22.9 Å². The topological polar surface area (TPSA) is 45.2 Å². The number of anilines is 1. The average Bonchev–Trinajstić information content (AvgIpc) is 3.37. The van der Waals surface area contributed by atoms with Gasteiger partial charge in [0.25, 0.3) is 0 Å². The summed E-state index contributed by atoms with van der Waals surface area (Å²) in [7, 11) is 0. The van der Waals surface area contributed by atoms with E-state index < -0.39 is 0 Å². The van der Waals surface area contributed by atoms with Crippen molar-refractivity contribution in [1.82, 2.24) is 10.3 Å². The van der Waals surface area contributed by atoms with Gasteiger partial charge in [-0.15, -0.1) is 11.3 Å². The summed E-state index contributed by atoms with van der Waals surface area (Å²) in [5.41, 5.74) is 3.21. The van der Waals surface area contributed by atoms with Crippen LogP contribution >= 0.6 is 11.3 Å². The third kappa shape index (κ3) is 4.55. The summed E-state index contributed by atoms with van der Waals surface area (Å²) in [5, 5.41) is 6.04. The molecule has 4 rings (SSSR count). The molecule has 1 aromatic heterocycles. The third-order valence-electron chi connectivity index (χ3n) is 4.91. The molecule has 1 N–H and O–H groups in total. The van der Waals surface area contributed by atoms with Gasteiger partial charge in [-0.2, -0.15) is 0 Å². The fourth-order valence-corrected chi connectivity index (χ4v) is 4.29. The molecule has 138 valence electrons. The van der Waals surface area contributed by atoms with Crippen LogP contribution < -0.4 is 10.2 Å². The van der Waals surface area contributed by atoms with Crippen LogP contribution in [0.15, 0.2) is 66.0 Å². The molecule has 1 atom stereocenters. The molecule has 0 saturated carbocycles. The van der Waals surface area contributed by atoms with Crippen LogP contribution in [-0.4, -0.2) is 30.5 Å². The minimum absolute atomic E-state index is 0.0538. The van der Waals surface area contributed by atoms with Crippen LogP contribution in [0.4, 0.5) is 5.69 Å². The van der Waals surface area contributed by atoms with Gasteiger partial charge in [0.15, 0.2) is 0 Å². The Morgan fingerprint density at radius 1 is 1.11 bits per heavy atom. The molecule has 1 saturated heterocycles. The van der Waals surface area contributed by atoms with Gasteiger partial charge in [-0.3, -0.25) is 4.79 Å². The molecule has 0 radical (unpaired) electrons. The monoisotopic (exact) mass is 377 g/mol. The summed E-state index contributed by atoms with van der Waals surface area (Å²) in [6.45, 7) is 2.79. The lowest BCUT2D eigenvalue weighted by Crippen LogP contribution is -2.32. The normalized spacial score (nSPS) is 16.4. The van der Waals surface area contributed by atoms with Gasteiger partial charge < -0.3 is 10.2 Å². The maximum atomic E-state index is 12.3. The first kappa shape index (κ1) is 17.7. The molecule has 5 heteroatoms. The lowest BCUT2D eigenvalue weighted by atomic mass is 10.1. The number of thiazole rings is 1. The van der Waals surface area contributed by atoms with E-state index in [0.717, 1.165) is 42.3 Å². The summed E-state index contributed by atoms with van der Waals surface area (Å²) in [6.07, 6.45) is 1.46. The SMILES string of the molecule is O=C(Cc1csc(-c2ccccc2)n1)NCC1CCN(c2ccccc2)C1. The standard InChI is InChI=1S/C22H23N3OS/c26-21(13-19-16-27-22(24-19)18-7-3-1-4-8-18)23-14-17-11-12-25(15-17)20-9-5-2-6-10-20/h1-10,16-17H,11-15H2,(H,23,26). The first-order valence-electron chi connectivity index (χ1n) is 9.34. The highest BCUT2D eigenvalue weighted by Crippen LogP contribution is 2.24. The van der Waals surface area contributed by atoms with Crippen molar-refractivity contribution in [2.75, 3.05) is 24.5 Å². The van der Waals surface area contributed by atoms with Crippen molar-refractivity contribution in [3.63, 3.8) is 0 Å². The van der Waals surface area contributed by atoms with Crippen molar-refractivity contribution in [2.45, 2.75) is 12.8 Å². The Balaban J connectivity index is 1.25. The number of amides is 1. The van der Waals surface area contributed by atoms with Gasteiger partial charge in [-0.1, -0.05) is 48.5 Å². The summed E-state index contributed by atoms with van der Waals surface area (Å²) in [4.78, 5) is 19.3. The van der Waals surface area contributed by atoms with E-state index in [1.807, 2.05) is 41.8 Å². The van der Waals surface area contributed by atoms with E-state index in [0.29, 0.717) is 12.3 Å². The number of nitrogens with one attached hydrogen (secondary N) is 1. The molecule has 3 aromatic rings.